The Bertz CT molecular complexity index is 4010. The maximum atomic E-state index is 13.1. The quantitative estimate of drug-likeness (QED) is 0.165. The summed E-state index contributed by atoms with van der Waals surface area (Å²) in [6.45, 7) is -18.4. The van der Waals surface area contributed by atoms with Crippen molar-refractivity contribution in [3.63, 3.8) is 0 Å². The number of rotatable bonds is 8. The third-order valence-electron chi connectivity index (χ3n) is 11.9. The summed E-state index contributed by atoms with van der Waals surface area (Å²) in [6, 6.07) is 30.0. The molecule has 66 heavy (non-hydrogen) atoms. The smallest absolute Gasteiger partial charge is 0.149 e. The van der Waals surface area contributed by atoms with Gasteiger partial charge < -0.3 is 5.11 Å². The molecular weight excluding hydrogens is 803 g/mol. The van der Waals surface area contributed by atoms with Crippen LogP contribution in [-0.4, -0.2) is 19.6 Å². The number of aromatic nitrogens is 3. The van der Waals surface area contributed by atoms with Crippen LogP contribution in [0.4, 0.5) is 0 Å². The molecular formula is C62H69N3O. The molecule has 0 aliphatic carbocycles. The monoisotopic (exact) mass is 898 g/mol. The second-order valence-corrected chi connectivity index (χ2v) is 18.5. The molecule has 8 aromatic rings. The number of hydrogen-bond acceptors (Lipinski definition) is 3. The molecule has 0 aliphatic heterocycles. The highest BCUT2D eigenvalue weighted by Gasteiger charge is 2.29. The van der Waals surface area contributed by atoms with Crippen LogP contribution in [0.15, 0.2) is 128 Å². The molecule has 0 amide bonds. The van der Waals surface area contributed by atoms with Gasteiger partial charge >= 0.3 is 0 Å². The van der Waals surface area contributed by atoms with Crippen molar-refractivity contribution in [2.45, 2.75) is 131 Å². The Balaban J connectivity index is 1.61. The summed E-state index contributed by atoms with van der Waals surface area (Å²) in [5, 5.41) is 13.1. The molecule has 0 aliphatic rings. The van der Waals surface area contributed by atoms with Gasteiger partial charge in [-0.05, 0) is 146 Å². The first-order valence-corrected chi connectivity index (χ1v) is 21.4. The molecule has 1 N–H and O–H groups in total. The van der Waals surface area contributed by atoms with E-state index in [1.807, 2.05) is 32.9 Å². The zero-order valence-electron chi connectivity index (χ0n) is 63.9. The molecule has 0 spiro atoms. The predicted molar refractivity (Wildman–Crippen MR) is 281 cm³/mol. The average molecular weight is 898 g/mol. The third-order valence-corrected chi connectivity index (χ3v) is 11.9. The fraction of sp³-hybridized carbons (Fsp3) is 0.323. The lowest BCUT2D eigenvalue weighted by atomic mass is 9.79. The van der Waals surface area contributed by atoms with Gasteiger partial charge in [-0.3, -0.25) is 9.55 Å². The highest BCUT2D eigenvalue weighted by Crippen LogP contribution is 2.45. The molecule has 2 aromatic heterocycles. The summed E-state index contributed by atoms with van der Waals surface area (Å²) >= 11 is 0. The Morgan fingerprint density at radius 1 is 0.576 bits per heavy atom. The van der Waals surface area contributed by atoms with E-state index in [-0.39, 0.29) is 39.5 Å². The molecule has 0 saturated carbocycles. The summed E-state index contributed by atoms with van der Waals surface area (Å²) in [5.41, 5.74) is -8.52. The molecule has 2 heterocycles. The number of pyridine rings is 1. The maximum absolute atomic E-state index is 13.1. The van der Waals surface area contributed by atoms with Crippen molar-refractivity contribution in [2.24, 2.45) is 0 Å². The largest absolute Gasteiger partial charge is 0.507 e. The first-order chi connectivity index (χ1) is 41.5. The number of phenols is 1. The van der Waals surface area contributed by atoms with Gasteiger partial charge in [0.05, 0.1) is 28.0 Å². The van der Waals surface area contributed by atoms with Gasteiger partial charge in [0, 0.05) is 58.5 Å². The lowest BCUT2D eigenvalue weighted by Gasteiger charge is -2.27. The maximum Gasteiger partial charge on any atom is 0.149 e. The lowest BCUT2D eigenvalue weighted by molar-refractivity contribution is 0.446. The van der Waals surface area contributed by atoms with Crippen molar-refractivity contribution in [1.29, 1.82) is 0 Å². The molecule has 4 heteroatoms. The normalized spacial score (nSPS) is 20.2. The molecule has 0 fully saturated rings. The van der Waals surface area contributed by atoms with Crippen LogP contribution in [0.2, 0.25) is 0 Å². The summed E-state index contributed by atoms with van der Waals surface area (Å²) in [7, 11) is 0. The van der Waals surface area contributed by atoms with E-state index in [1.54, 1.807) is 94.6 Å². The van der Waals surface area contributed by atoms with Crippen LogP contribution in [-0.2, 0) is 16.2 Å². The summed E-state index contributed by atoms with van der Waals surface area (Å²) < 4.78 is 228. The zero-order chi connectivity index (χ0) is 69.5. The molecule has 8 rings (SSSR count). The van der Waals surface area contributed by atoms with Crippen LogP contribution < -0.4 is 0 Å². The zero-order valence-corrected chi connectivity index (χ0v) is 37.9. The third kappa shape index (κ3) is 9.12. The second kappa shape index (κ2) is 17.2. The standard InChI is InChI=1S/C62H69N3O/c1-37(2)44-28-45(38(3)4)30-46(29-44)42-23-24-55(40(6)27-42)65-56-18-16-17-51(57(56)64-59(65)52-35-50(61(10,11)12)36-53(58(52)66)62(13,14)15)47-31-48(33-49(32-47)60(7,8)9)54-34-43(25-26-63-54)41-21-19-39(5)20-22-41/h16-38,66H,1-15H3/i5D3,6D3,10D3,11D3,12D3,13D3,14D3,15D3,37D,38D. The molecule has 0 bridgehead atoms. The highest BCUT2D eigenvalue weighted by atomic mass is 16.3. The number of nitrogens with zero attached hydrogens (tertiary/aromatic N) is 3. The lowest BCUT2D eigenvalue weighted by Crippen LogP contribution is -2.17. The van der Waals surface area contributed by atoms with Crippen molar-refractivity contribution in [3.05, 3.63) is 166 Å². The van der Waals surface area contributed by atoms with E-state index < -0.39 is 117 Å². The predicted octanol–water partition coefficient (Wildman–Crippen LogP) is 17.2. The van der Waals surface area contributed by atoms with Crippen molar-refractivity contribution in [2.75, 3.05) is 0 Å². The summed E-state index contributed by atoms with van der Waals surface area (Å²) in [4.78, 5) is 9.77. The molecule has 4 nitrogen and oxygen atoms in total. The topological polar surface area (TPSA) is 50.9 Å². The van der Waals surface area contributed by atoms with E-state index in [0.717, 1.165) is 10.1 Å². The Hall–Kier alpha value is -6.26. The molecule has 0 saturated heterocycles. The van der Waals surface area contributed by atoms with E-state index >= 15 is 0 Å². The minimum Gasteiger partial charge on any atom is -0.507 e. The van der Waals surface area contributed by atoms with Crippen molar-refractivity contribution >= 4 is 11.0 Å². The first-order valence-electron chi connectivity index (χ1n) is 34.4. The average Bonchev–Trinajstić information content (AvgIpc) is 0.788. The van der Waals surface area contributed by atoms with Crippen LogP contribution in [0, 0.1) is 13.7 Å². The van der Waals surface area contributed by atoms with E-state index in [9.17, 15) is 9.22 Å². The Labute approximate surface area is 431 Å². The van der Waals surface area contributed by atoms with Crippen molar-refractivity contribution < 1.29 is 40.7 Å². The number of imidazole rings is 1. The van der Waals surface area contributed by atoms with Gasteiger partial charge in [0.1, 0.15) is 11.6 Å². The van der Waals surface area contributed by atoms with E-state index in [0.29, 0.717) is 50.7 Å². The number of aryl methyl sites for hydroxylation is 2. The fourth-order valence-electron chi connectivity index (χ4n) is 8.14. The van der Waals surface area contributed by atoms with Crippen molar-refractivity contribution in [1.82, 2.24) is 14.5 Å². The van der Waals surface area contributed by atoms with Crippen LogP contribution in [0.3, 0.4) is 0 Å². The first kappa shape index (κ1) is 24.0. The van der Waals surface area contributed by atoms with Gasteiger partial charge in [-0.2, -0.15) is 0 Å². The fourth-order valence-corrected chi connectivity index (χ4v) is 8.14. The second-order valence-electron chi connectivity index (χ2n) is 18.5. The molecule has 0 unspecified atom stereocenters. The molecule has 6 aromatic carbocycles. The SMILES string of the molecule is [2H]C([2H])([2H])c1ccc(-c2ccnc(-c3cc(-c4cccc5c4nc(-c4cc(C(C([2H])([2H])[2H])(C([2H])([2H])[2H])C([2H])([2H])[2H])cc(C(C([2H])([2H])[2H])(C([2H])([2H])[2H])C([2H])([2H])[2H])c4O)n5-c4ccc(-c5cc(C([2H])(C)C)cc(C([2H])(C)C)c5)cc4C([2H])([2H])[2H])cc(C(C)(C)C)c3)c2)cc1. The minimum absolute atomic E-state index is 0.0379. The van der Waals surface area contributed by atoms with Crippen LogP contribution in [0.25, 0.3) is 72.7 Å². The minimum atomic E-state index is -4.29. The van der Waals surface area contributed by atoms with Crippen LogP contribution >= 0.6 is 0 Å². The van der Waals surface area contributed by atoms with Gasteiger partial charge in [-0.1, -0.05) is 168 Å². The molecule has 338 valence electrons. The van der Waals surface area contributed by atoms with Gasteiger partial charge in [0.25, 0.3) is 0 Å². The van der Waals surface area contributed by atoms with Gasteiger partial charge in [0.2, 0.25) is 0 Å². The van der Waals surface area contributed by atoms with E-state index in [2.05, 4.69) is 0 Å². The number of phenolic OH excluding ortho intramolecular Hbond substituents is 1. The van der Waals surface area contributed by atoms with Crippen molar-refractivity contribution in [3.8, 4) is 67.5 Å². The highest BCUT2D eigenvalue weighted by molar-refractivity contribution is 5.97. The van der Waals surface area contributed by atoms with Crippen LogP contribution in [0.1, 0.15) is 176 Å². The Kier molecular flexibility index (Phi) is 6.24. The number of para-hydroxylation sites is 1. The molecule has 0 radical (unpaired) electrons. The summed E-state index contributed by atoms with van der Waals surface area (Å²) in [6.07, 6.45) is 1.57. The van der Waals surface area contributed by atoms with Gasteiger partial charge in [-0.15, -0.1) is 0 Å². The number of hydrogen-bond donors (Lipinski definition) is 1. The van der Waals surface area contributed by atoms with Gasteiger partial charge in [0.15, 0.2) is 0 Å². The van der Waals surface area contributed by atoms with E-state index in [1.165, 1.54) is 36.4 Å². The summed E-state index contributed by atoms with van der Waals surface area (Å²) in [5.74, 6) is -4.72. The Morgan fingerprint density at radius 2 is 1.24 bits per heavy atom. The van der Waals surface area contributed by atoms with Gasteiger partial charge in [-0.25, -0.2) is 4.98 Å². The number of benzene rings is 6. The van der Waals surface area contributed by atoms with E-state index in [4.69, 9.17) is 41.5 Å². The Morgan fingerprint density at radius 3 is 1.89 bits per heavy atom. The molecule has 0 atom stereocenters. The number of fused-ring (bicyclic) bond motifs is 1. The number of aromatic hydroxyl groups is 1. The van der Waals surface area contributed by atoms with Crippen LogP contribution in [0.5, 0.6) is 5.75 Å².